The molecule has 66 valence electrons. The van der Waals surface area contributed by atoms with Gasteiger partial charge in [-0.1, -0.05) is 12.1 Å². The number of rotatable bonds is 0. The second-order valence-corrected chi connectivity index (χ2v) is 4.03. The summed E-state index contributed by atoms with van der Waals surface area (Å²) in [5, 5.41) is 2.95. The summed E-state index contributed by atoms with van der Waals surface area (Å²) in [5.74, 6) is 0.205. The van der Waals surface area contributed by atoms with Crippen LogP contribution in [-0.4, -0.2) is 5.91 Å². The highest BCUT2D eigenvalue weighted by molar-refractivity contribution is 6.08. The molecule has 0 bridgehead atoms. The summed E-state index contributed by atoms with van der Waals surface area (Å²) in [5.41, 5.74) is 3.40. The zero-order valence-electron chi connectivity index (χ0n) is 7.55. The van der Waals surface area contributed by atoms with Crippen LogP contribution in [0.5, 0.6) is 0 Å². The molecule has 1 aliphatic carbocycles. The summed E-state index contributed by atoms with van der Waals surface area (Å²) in [6, 6.07) is 6.07. The first-order valence-electron chi connectivity index (χ1n) is 4.66. The molecule has 0 atom stereocenters. The summed E-state index contributed by atoms with van der Waals surface area (Å²) >= 11 is 0. The first-order chi connectivity index (χ1) is 6.24. The van der Waals surface area contributed by atoms with Crippen molar-refractivity contribution in [2.45, 2.75) is 25.2 Å². The van der Waals surface area contributed by atoms with Crippen molar-refractivity contribution in [3.63, 3.8) is 0 Å². The molecule has 1 fully saturated rings. The summed E-state index contributed by atoms with van der Waals surface area (Å²) < 4.78 is 0. The molecule has 1 saturated carbocycles. The number of amides is 1. The fourth-order valence-electron chi connectivity index (χ4n) is 2.36. The number of carbonyl (C=O) groups excluding carboxylic acids is 1. The lowest BCUT2D eigenvalue weighted by molar-refractivity contribution is -0.117. The predicted molar refractivity (Wildman–Crippen MR) is 50.7 cm³/mol. The van der Waals surface area contributed by atoms with Crippen LogP contribution in [0.25, 0.3) is 0 Å². The van der Waals surface area contributed by atoms with Crippen molar-refractivity contribution in [3.8, 4) is 0 Å². The van der Waals surface area contributed by atoms with Crippen molar-refractivity contribution >= 4 is 11.6 Å². The summed E-state index contributed by atoms with van der Waals surface area (Å²) in [6.07, 6.45) is 2.05. The Morgan fingerprint density at radius 1 is 1.38 bits per heavy atom. The molecule has 0 aromatic heterocycles. The van der Waals surface area contributed by atoms with Gasteiger partial charge in [-0.15, -0.1) is 0 Å². The maximum absolute atomic E-state index is 11.7. The normalized spacial score (nSPS) is 21.5. The summed E-state index contributed by atoms with van der Waals surface area (Å²) in [7, 11) is 0. The molecule has 0 radical (unpaired) electrons. The average Bonchev–Trinajstić information content (AvgIpc) is 2.79. The van der Waals surface area contributed by atoms with Gasteiger partial charge in [0.25, 0.3) is 0 Å². The number of fused-ring (bicyclic) bond motifs is 2. The van der Waals surface area contributed by atoms with E-state index in [1.54, 1.807) is 0 Å². The van der Waals surface area contributed by atoms with Gasteiger partial charge in [0.05, 0.1) is 5.41 Å². The van der Waals surface area contributed by atoms with Crippen molar-refractivity contribution in [3.05, 3.63) is 29.3 Å². The Morgan fingerprint density at radius 2 is 2.15 bits per heavy atom. The predicted octanol–water partition coefficient (Wildman–Crippen LogP) is 1.98. The molecule has 1 spiro atoms. The lowest BCUT2D eigenvalue weighted by atomic mass is 9.93. The lowest BCUT2D eigenvalue weighted by Gasteiger charge is -2.07. The Morgan fingerprint density at radius 3 is 2.85 bits per heavy atom. The van der Waals surface area contributed by atoms with Crippen LogP contribution in [0.4, 0.5) is 5.69 Å². The molecule has 1 aromatic carbocycles. The number of anilines is 1. The number of aryl methyl sites for hydroxylation is 1. The van der Waals surface area contributed by atoms with Crippen molar-refractivity contribution in [1.82, 2.24) is 0 Å². The van der Waals surface area contributed by atoms with Crippen LogP contribution in [0.2, 0.25) is 0 Å². The van der Waals surface area contributed by atoms with Gasteiger partial charge in [0.15, 0.2) is 0 Å². The van der Waals surface area contributed by atoms with Gasteiger partial charge in [0.2, 0.25) is 5.91 Å². The number of nitrogens with one attached hydrogen (secondary N) is 1. The highest BCUT2D eigenvalue weighted by atomic mass is 16.2. The molecule has 13 heavy (non-hydrogen) atoms. The van der Waals surface area contributed by atoms with Crippen molar-refractivity contribution in [2.24, 2.45) is 0 Å². The van der Waals surface area contributed by atoms with Crippen LogP contribution in [0.3, 0.4) is 0 Å². The molecule has 1 amide bonds. The maximum Gasteiger partial charge on any atom is 0.235 e. The first kappa shape index (κ1) is 7.13. The van der Waals surface area contributed by atoms with Gasteiger partial charge in [-0.05, 0) is 37.0 Å². The van der Waals surface area contributed by atoms with Crippen LogP contribution in [0, 0.1) is 6.92 Å². The quantitative estimate of drug-likeness (QED) is 0.638. The van der Waals surface area contributed by atoms with Gasteiger partial charge in [-0.2, -0.15) is 0 Å². The monoisotopic (exact) mass is 173 g/mol. The van der Waals surface area contributed by atoms with Gasteiger partial charge in [-0.3, -0.25) is 4.79 Å². The van der Waals surface area contributed by atoms with Crippen LogP contribution >= 0.6 is 0 Å². The second kappa shape index (κ2) is 1.95. The molecule has 2 nitrogen and oxygen atoms in total. The zero-order chi connectivity index (χ0) is 9.05. The number of benzene rings is 1. The minimum Gasteiger partial charge on any atom is -0.325 e. The molecule has 2 aliphatic rings. The van der Waals surface area contributed by atoms with E-state index < -0.39 is 0 Å². The minimum absolute atomic E-state index is 0.124. The van der Waals surface area contributed by atoms with Gasteiger partial charge >= 0.3 is 0 Å². The molecule has 1 N–H and O–H groups in total. The van der Waals surface area contributed by atoms with E-state index in [4.69, 9.17) is 0 Å². The molecule has 3 rings (SSSR count). The first-order valence-corrected chi connectivity index (χ1v) is 4.66. The third-order valence-corrected chi connectivity index (χ3v) is 3.18. The van der Waals surface area contributed by atoms with Gasteiger partial charge in [0.1, 0.15) is 0 Å². The Bertz CT molecular complexity index is 405. The van der Waals surface area contributed by atoms with E-state index in [1.807, 2.05) is 12.1 Å². The molecule has 0 saturated heterocycles. The minimum atomic E-state index is -0.124. The van der Waals surface area contributed by atoms with E-state index >= 15 is 0 Å². The van der Waals surface area contributed by atoms with E-state index in [1.165, 1.54) is 11.1 Å². The molecule has 0 unspecified atom stereocenters. The zero-order valence-corrected chi connectivity index (χ0v) is 7.55. The highest BCUT2D eigenvalue weighted by Crippen LogP contribution is 2.55. The lowest BCUT2D eigenvalue weighted by Crippen LogP contribution is -2.18. The smallest absolute Gasteiger partial charge is 0.235 e. The van der Waals surface area contributed by atoms with E-state index in [0.717, 1.165) is 18.5 Å². The standard InChI is InChI=1S/C11H11NO/c1-7-3-2-4-8-9(7)11(5-6-11)10(13)12-8/h2-4H,5-6H2,1H3,(H,12,13). The van der Waals surface area contributed by atoms with E-state index in [-0.39, 0.29) is 11.3 Å². The number of hydrogen-bond donors (Lipinski definition) is 1. The molecule has 2 heteroatoms. The summed E-state index contributed by atoms with van der Waals surface area (Å²) in [4.78, 5) is 11.7. The third kappa shape index (κ3) is 0.711. The van der Waals surface area contributed by atoms with E-state index in [0.29, 0.717) is 0 Å². The van der Waals surface area contributed by atoms with Gasteiger partial charge < -0.3 is 5.32 Å². The molecular weight excluding hydrogens is 162 g/mol. The Hall–Kier alpha value is -1.31. The van der Waals surface area contributed by atoms with Crippen LogP contribution in [0.1, 0.15) is 24.0 Å². The van der Waals surface area contributed by atoms with E-state index in [9.17, 15) is 4.79 Å². The Labute approximate surface area is 77.0 Å². The molecular formula is C11H11NO. The fraction of sp³-hybridized carbons (Fsp3) is 0.364. The van der Waals surface area contributed by atoms with Gasteiger partial charge in [-0.25, -0.2) is 0 Å². The number of hydrogen-bond acceptors (Lipinski definition) is 1. The van der Waals surface area contributed by atoms with Crippen molar-refractivity contribution in [1.29, 1.82) is 0 Å². The van der Waals surface area contributed by atoms with Crippen LogP contribution < -0.4 is 5.32 Å². The topological polar surface area (TPSA) is 29.1 Å². The fourth-order valence-corrected chi connectivity index (χ4v) is 2.36. The second-order valence-electron chi connectivity index (χ2n) is 4.03. The van der Waals surface area contributed by atoms with Crippen molar-refractivity contribution < 1.29 is 4.79 Å². The molecule has 1 aliphatic heterocycles. The van der Waals surface area contributed by atoms with Crippen molar-refractivity contribution in [2.75, 3.05) is 5.32 Å². The largest absolute Gasteiger partial charge is 0.325 e. The molecule has 1 aromatic rings. The highest BCUT2D eigenvalue weighted by Gasteiger charge is 2.56. The third-order valence-electron chi connectivity index (χ3n) is 3.18. The summed E-state index contributed by atoms with van der Waals surface area (Å²) in [6.45, 7) is 2.08. The van der Waals surface area contributed by atoms with Crippen LogP contribution in [0.15, 0.2) is 18.2 Å². The van der Waals surface area contributed by atoms with Crippen LogP contribution in [-0.2, 0) is 10.2 Å². The Balaban J connectivity index is 2.30. The van der Waals surface area contributed by atoms with E-state index in [2.05, 4.69) is 18.3 Å². The molecule has 1 heterocycles. The Kier molecular flexibility index (Phi) is 1.07. The SMILES string of the molecule is Cc1cccc2c1C1(CC1)C(=O)N2. The maximum atomic E-state index is 11.7. The average molecular weight is 173 g/mol. The van der Waals surface area contributed by atoms with Gasteiger partial charge in [0, 0.05) is 5.69 Å². The number of carbonyl (C=O) groups is 1.